The molecule has 0 radical (unpaired) electrons. The van der Waals surface area contributed by atoms with Crippen molar-refractivity contribution < 1.29 is 0 Å². The molecule has 2 unspecified atom stereocenters. The molecule has 6 aromatic carbocycles. The van der Waals surface area contributed by atoms with E-state index in [1.165, 1.54) is 44.0 Å². The molecular weight excluding hydrogens is 745 g/mol. The molecule has 3 aliphatic carbocycles. The number of nitrogens with zero attached hydrogens (tertiary/aromatic N) is 5. The number of benzene rings is 6. The Hall–Kier alpha value is -7.49. The first kappa shape index (κ1) is 35.5. The van der Waals surface area contributed by atoms with Crippen molar-refractivity contribution in [3.05, 3.63) is 202 Å². The number of para-hydroxylation sites is 3. The van der Waals surface area contributed by atoms with Crippen LogP contribution in [-0.2, 0) is 11.8 Å². The van der Waals surface area contributed by atoms with Gasteiger partial charge in [0.05, 0.1) is 33.5 Å². The van der Waals surface area contributed by atoms with Gasteiger partial charge >= 0.3 is 0 Å². The van der Waals surface area contributed by atoms with E-state index in [4.69, 9.17) is 9.98 Å². The zero-order valence-corrected chi connectivity index (χ0v) is 34.1. The third kappa shape index (κ3) is 5.33. The highest BCUT2D eigenvalue weighted by Gasteiger charge is 2.40. The minimum atomic E-state index is -0.386. The van der Waals surface area contributed by atoms with Crippen molar-refractivity contribution in [1.29, 1.82) is 5.26 Å². The van der Waals surface area contributed by atoms with Gasteiger partial charge in [0.15, 0.2) is 0 Å². The summed E-state index contributed by atoms with van der Waals surface area (Å²) in [6.45, 7) is 4.66. The summed E-state index contributed by atoms with van der Waals surface area (Å²) in [5.74, 6) is 1.44. The second-order valence-electron chi connectivity index (χ2n) is 17.1. The Morgan fingerprint density at radius 2 is 1.39 bits per heavy atom. The van der Waals surface area contributed by atoms with Crippen LogP contribution >= 0.6 is 0 Å². The summed E-state index contributed by atoms with van der Waals surface area (Å²) < 4.78 is 4.66. The van der Waals surface area contributed by atoms with Crippen LogP contribution in [0.3, 0.4) is 0 Å². The number of aromatic nitrogens is 2. The molecule has 1 N–H and O–H groups in total. The van der Waals surface area contributed by atoms with Crippen molar-refractivity contribution in [2.45, 2.75) is 44.7 Å². The Morgan fingerprint density at radius 3 is 2.15 bits per heavy atom. The summed E-state index contributed by atoms with van der Waals surface area (Å²) in [6, 6.07) is 52.0. The van der Waals surface area contributed by atoms with E-state index in [0.717, 1.165) is 69.8 Å². The van der Waals surface area contributed by atoms with Crippen molar-refractivity contribution in [3.63, 3.8) is 0 Å². The molecular formula is C55H42N6. The Morgan fingerprint density at radius 1 is 0.721 bits per heavy atom. The maximum atomic E-state index is 11.2. The lowest BCUT2D eigenvalue weighted by atomic mass is 9.78. The van der Waals surface area contributed by atoms with Gasteiger partial charge in [-0.15, -0.1) is 0 Å². The van der Waals surface area contributed by atoms with Crippen LogP contribution in [0.2, 0.25) is 0 Å². The van der Waals surface area contributed by atoms with Crippen LogP contribution in [0.5, 0.6) is 0 Å². The maximum Gasteiger partial charge on any atom is 0.147 e. The normalized spacial score (nSPS) is 18.7. The molecule has 0 saturated carbocycles. The number of allylic oxidation sites excluding steroid dienone is 4. The molecule has 0 amide bonds. The van der Waals surface area contributed by atoms with Gasteiger partial charge in [0.25, 0.3) is 0 Å². The lowest BCUT2D eigenvalue weighted by Crippen LogP contribution is -2.36. The summed E-state index contributed by atoms with van der Waals surface area (Å²) >= 11 is 0. The molecule has 2 aromatic heterocycles. The van der Waals surface area contributed by atoms with E-state index in [0.29, 0.717) is 11.4 Å². The molecule has 292 valence electrons. The van der Waals surface area contributed by atoms with Gasteiger partial charge in [-0.3, -0.25) is 0 Å². The van der Waals surface area contributed by atoms with Crippen LogP contribution in [-0.4, -0.2) is 20.8 Å². The number of hydrogen-bond donors (Lipinski definition) is 1. The molecule has 2 atom stereocenters. The first-order valence-corrected chi connectivity index (χ1v) is 21.3. The first-order valence-electron chi connectivity index (χ1n) is 21.3. The highest BCUT2D eigenvalue weighted by molar-refractivity contribution is 6.14. The van der Waals surface area contributed by atoms with Gasteiger partial charge in [0.2, 0.25) is 0 Å². The largest absolute Gasteiger partial charge is 0.344 e. The fraction of sp³-hybridized carbons (Fsp3) is 0.145. The summed E-state index contributed by atoms with van der Waals surface area (Å²) in [5, 5.41) is 18.6. The minimum absolute atomic E-state index is 0.0356. The van der Waals surface area contributed by atoms with Gasteiger partial charge < -0.3 is 14.5 Å². The number of aliphatic imine (C=N–C) groups is 2. The fourth-order valence-electron chi connectivity index (χ4n) is 10.5. The Bertz CT molecular complexity index is 3300. The van der Waals surface area contributed by atoms with Crippen molar-refractivity contribution in [3.8, 4) is 17.4 Å². The monoisotopic (exact) mass is 786 g/mol. The number of amidine groups is 2. The first-order chi connectivity index (χ1) is 30.0. The second-order valence-corrected chi connectivity index (χ2v) is 17.1. The molecule has 0 spiro atoms. The number of nitriles is 1. The number of hydrogen-bond acceptors (Lipinski definition) is 4. The topological polar surface area (TPSA) is 70.4 Å². The lowest BCUT2D eigenvalue weighted by Gasteiger charge is -2.30. The van der Waals surface area contributed by atoms with Crippen LogP contribution in [0.1, 0.15) is 71.9 Å². The smallest absolute Gasteiger partial charge is 0.147 e. The van der Waals surface area contributed by atoms with E-state index in [2.05, 4.69) is 192 Å². The summed E-state index contributed by atoms with van der Waals surface area (Å²) in [6.07, 6.45) is 11.7. The van der Waals surface area contributed by atoms with E-state index in [1.807, 2.05) is 6.07 Å². The average Bonchev–Trinajstić information content (AvgIpc) is 3.91. The van der Waals surface area contributed by atoms with Crippen LogP contribution in [0.25, 0.3) is 55.7 Å². The zero-order valence-electron chi connectivity index (χ0n) is 34.1. The van der Waals surface area contributed by atoms with E-state index in [9.17, 15) is 5.26 Å². The molecule has 61 heavy (non-hydrogen) atoms. The number of nitrogens with one attached hydrogen (secondary N) is 1. The van der Waals surface area contributed by atoms with Crippen molar-refractivity contribution in [1.82, 2.24) is 14.5 Å². The van der Waals surface area contributed by atoms with E-state index >= 15 is 0 Å². The number of fused-ring (bicyclic) bond motifs is 9. The molecule has 0 bridgehead atoms. The van der Waals surface area contributed by atoms with Gasteiger partial charge in [-0.05, 0) is 89.1 Å². The standard InChI is InChI=1S/C55H42N6/c1-55(2)44-23-11-6-18-37(44)38-29-28-35(31-45(38)55)53-57-52(34-16-4-3-5-17-34)58-54(59-53)43-30-36(33-56)50(60-46-24-12-7-19-39(46)40-20-8-13-25-47(40)60)32-51(43)61-48-26-14-9-21-41(48)42-22-10-15-27-49(42)61/h3-7,9-19,21-27,29-32,35,52H,8,20,28H2,1-2H3,(H,57,58,59). The van der Waals surface area contributed by atoms with Crippen LogP contribution in [0.15, 0.2) is 173 Å². The fourth-order valence-corrected chi connectivity index (χ4v) is 10.5. The predicted octanol–water partition coefficient (Wildman–Crippen LogP) is 12.3. The lowest BCUT2D eigenvalue weighted by molar-refractivity contribution is 0.638. The number of rotatable bonds is 5. The van der Waals surface area contributed by atoms with Crippen LogP contribution < -0.4 is 5.32 Å². The molecule has 0 saturated heterocycles. The Kier molecular flexibility index (Phi) is 7.86. The molecule has 12 rings (SSSR count). The third-order valence-corrected chi connectivity index (χ3v) is 13.4. The number of aryl methyl sites for hydroxylation is 1. The van der Waals surface area contributed by atoms with E-state index < -0.39 is 0 Å². The average molecular weight is 787 g/mol. The molecule has 4 aliphatic rings. The molecule has 8 aromatic rings. The second kappa shape index (κ2) is 13.5. The quantitative estimate of drug-likeness (QED) is 0.189. The minimum Gasteiger partial charge on any atom is -0.344 e. The maximum absolute atomic E-state index is 11.2. The van der Waals surface area contributed by atoms with Gasteiger partial charge in [-0.2, -0.15) is 5.26 Å². The Labute approximate surface area is 354 Å². The molecule has 1 aliphatic heterocycles. The highest BCUT2D eigenvalue weighted by atomic mass is 15.2. The zero-order chi connectivity index (χ0) is 40.8. The molecule has 3 heterocycles. The summed E-state index contributed by atoms with van der Waals surface area (Å²) in [5.41, 5.74) is 15.2. The third-order valence-electron chi connectivity index (χ3n) is 13.4. The van der Waals surface area contributed by atoms with E-state index in [1.54, 1.807) is 0 Å². The van der Waals surface area contributed by atoms with Crippen LogP contribution in [0.4, 0.5) is 0 Å². The summed E-state index contributed by atoms with van der Waals surface area (Å²) in [7, 11) is 0. The van der Waals surface area contributed by atoms with Crippen molar-refractivity contribution >= 4 is 56.0 Å². The Balaban J connectivity index is 1.11. The highest BCUT2D eigenvalue weighted by Crippen LogP contribution is 2.52. The van der Waals surface area contributed by atoms with Gasteiger partial charge in [-0.25, -0.2) is 9.98 Å². The van der Waals surface area contributed by atoms with E-state index in [-0.39, 0.29) is 17.5 Å². The van der Waals surface area contributed by atoms with Crippen molar-refractivity contribution in [2.75, 3.05) is 0 Å². The van der Waals surface area contributed by atoms with Gasteiger partial charge in [0, 0.05) is 38.7 Å². The van der Waals surface area contributed by atoms with Gasteiger partial charge in [-0.1, -0.05) is 141 Å². The van der Waals surface area contributed by atoms with Gasteiger partial charge in [0.1, 0.15) is 23.9 Å². The SMILES string of the molecule is CC1(C)C2=CC(C3=NC(c4ccccc4)NC(c4cc(C#N)c(-n5c6c(c7ccccc75)CCC=C6)cc4-n4c5ccccc5c5ccccc54)=N3)CC=C2c2ccccc21. The van der Waals surface area contributed by atoms with Crippen LogP contribution in [0, 0.1) is 17.2 Å². The molecule has 0 fully saturated rings. The molecule has 6 heteroatoms. The predicted molar refractivity (Wildman–Crippen MR) is 250 cm³/mol. The van der Waals surface area contributed by atoms with Crippen molar-refractivity contribution in [2.24, 2.45) is 15.9 Å². The molecule has 6 nitrogen and oxygen atoms in total. The summed E-state index contributed by atoms with van der Waals surface area (Å²) in [4.78, 5) is 10.9.